The summed E-state index contributed by atoms with van der Waals surface area (Å²) in [5.74, 6) is -2.47. The number of carbonyl (C=O) groups is 3. The third-order valence-electron chi connectivity index (χ3n) is 3.66. The van der Waals surface area contributed by atoms with Gasteiger partial charge < -0.3 is 10.4 Å². The quantitative estimate of drug-likeness (QED) is 0.780. The number of anilines is 2. The van der Waals surface area contributed by atoms with E-state index < -0.39 is 17.6 Å². The Balaban J connectivity index is 1.97. The van der Waals surface area contributed by atoms with Gasteiger partial charge in [-0.15, -0.1) is 0 Å². The average Bonchev–Trinajstić information content (AvgIpc) is 2.76. The molecule has 0 saturated carbocycles. The number of amides is 3. The molecule has 3 amide bonds. The Morgan fingerprint density at radius 2 is 1.58 bits per heavy atom. The molecule has 0 fully saturated rings. The largest absolute Gasteiger partial charge is 0.502 e. The average molecular weight is 391 g/mol. The van der Waals surface area contributed by atoms with E-state index in [0.29, 0.717) is 11.3 Å². The Labute approximate surface area is 158 Å². The molecule has 1 aliphatic rings. The predicted molar refractivity (Wildman–Crippen MR) is 99.2 cm³/mol. The molecule has 0 atom stereocenters. The van der Waals surface area contributed by atoms with Gasteiger partial charge in [-0.3, -0.25) is 14.4 Å². The highest BCUT2D eigenvalue weighted by atomic mass is 35.5. The van der Waals surface area contributed by atoms with Gasteiger partial charge in [0.25, 0.3) is 5.91 Å². The number of rotatable bonds is 3. The smallest absolute Gasteiger partial charge is 0.301 e. The summed E-state index contributed by atoms with van der Waals surface area (Å²) in [4.78, 5) is 37.0. The van der Waals surface area contributed by atoms with Crippen LogP contribution in [0.1, 0.15) is 12.5 Å². The van der Waals surface area contributed by atoms with Crippen LogP contribution in [-0.2, 0) is 14.4 Å². The minimum Gasteiger partial charge on any atom is -0.502 e. The number of hydrogen-bond donors (Lipinski definition) is 2. The van der Waals surface area contributed by atoms with E-state index in [2.05, 4.69) is 5.32 Å². The number of aliphatic hydroxyl groups is 1. The van der Waals surface area contributed by atoms with Crippen LogP contribution in [0.15, 0.2) is 48.2 Å². The molecule has 0 unspecified atom stereocenters. The Hall–Kier alpha value is -2.83. The summed E-state index contributed by atoms with van der Waals surface area (Å²) >= 11 is 11.9. The second-order valence-electron chi connectivity index (χ2n) is 5.56. The maximum Gasteiger partial charge on any atom is 0.301 e. The van der Waals surface area contributed by atoms with Crippen molar-refractivity contribution in [1.82, 2.24) is 0 Å². The zero-order valence-corrected chi connectivity index (χ0v) is 14.9. The molecule has 1 aliphatic heterocycles. The van der Waals surface area contributed by atoms with Crippen molar-refractivity contribution in [3.63, 3.8) is 0 Å². The topological polar surface area (TPSA) is 86.7 Å². The lowest BCUT2D eigenvalue weighted by molar-refractivity contribution is -0.121. The monoisotopic (exact) mass is 390 g/mol. The molecule has 0 bridgehead atoms. The van der Waals surface area contributed by atoms with Gasteiger partial charge in [0.1, 0.15) is 0 Å². The van der Waals surface area contributed by atoms with Crippen LogP contribution >= 0.6 is 23.2 Å². The van der Waals surface area contributed by atoms with Crippen molar-refractivity contribution in [2.45, 2.75) is 6.92 Å². The lowest BCUT2D eigenvalue weighted by Crippen LogP contribution is -2.31. The normalized spacial score (nSPS) is 14.2. The molecular formula is C18H12Cl2N2O4. The number of nitrogens with zero attached hydrogens (tertiary/aromatic N) is 1. The van der Waals surface area contributed by atoms with Gasteiger partial charge in [-0.2, -0.15) is 0 Å². The lowest BCUT2D eigenvalue weighted by Gasteiger charge is -2.15. The molecule has 1 heterocycles. The van der Waals surface area contributed by atoms with Gasteiger partial charge in [0.2, 0.25) is 5.91 Å². The Morgan fingerprint density at radius 1 is 1.00 bits per heavy atom. The van der Waals surface area contributed by atoms with E-state index in [4.69, 9.17) is 23.2 Å². The fraction of sp³-hybridized carbons (Fsp3) is 0.0556. The first kappa shape index (κ1) is 18.0. The fourth-order valence-corrected chi connectivity index (χ4v) is 3.12. The molecule has 2 N–H and O–H groups in total. The first-order valence-electron chi connectivity index (χ1n) is 7.44. The number of hydrogen-bond acceptors (Lipinski definition) is 4. The Bertz CT molecular complexity index is 947. The van der Waals surface area contributed by atoms with Crippen molar-refractivity contribution < 1.29 is 19.5 Å². The fourth-order valence-electron chi connectivity index (χ4n) is 2.60. The summed E-state index contributed by atoms with van der Waals surface area (Å²) in [5.41, 5.74) is 0.886. The van der Waals surface area contributed by atoms with Gasteiger partial charge >= 0.3 is 5.91 Å². The van der Waals surface area contributed by atoms with Crippen LogP contribution in [0.3, 0.4) is 0 Å². The highest BCUT2D eigenvalue weighted by molar-refractivity contribution is 6.45. The number of benzene rings is 2. The Morgan fingerprint density at radius 3 is 2.12 bits per heavy atom. The first-order valence-corrected chi connectivity index (χ1v) is 8.19. The number of aliphatic hydroxyl groups excluding tert-OH is 1. The number of halogens is 2. The maximum atomic E-state index is 12.7. The molecule has 26 heavy (non-hydrogen) atoms. The van der Waals surface area contributed by atoms with Crippen molar-refractivity contribution in [3.05, 3.63) is 63.8 Å². The summed E-state index contributed by atoms with van der Waals surface area (Å²) in [7, 11) is 0. The van der Waals surface area contributed by atoms with E-state index in [-0.39, 0.29) is 27.2 Å². The minimum absolute atomic E-state index is 0.138. The summed E-state index contributed by atoms with van der Waals surface area (Å²) in [6, 6.07) is 10.4. The van der Waals surface area contributed by atoms with Crippen LogP contribution in [-0.4, -0.2) is 22.8 Å². The molecule has 8 heteroatoms. The van der Waals surface area contributed by atoms with Gasteiger partial charge in [-0.25, -0.2) is 4.90 Å². The highest BCUT2D eigenvalue weighted by Gasteiger charge is 2.40. The Kier molecular flexibility index (Phi) is 4.71. The number of carbonyl (C=O) groups excluding carboxylic acids is 3. The highest BCUT2D eigenvalue weighted by Crippen LogP contribution is 2.34. The van der Waals surface area contributed by atoms with Crippen LogP contribution < -0.4 is 10.2 Å². The van der Waals surface area contributed by atoms with Gasteiger partial charge in [-0.05, 0) is 35.9 Å². The molecule has 0 saturated heterocycles. The predicted octanol–water partition coefficient (Wildman–Crippen LogP) is 3.79. The van der Waals surface area contributed by atoms with Crippen molar-refractivity contribution in [1.29, 1.82) is 0 Å². The number of imide groups is 1. The van der Waals surface area contributed by atoms with Crippen molar-refractivity contribution in [3.8, 4) is 0 Å². The SMILES string of the molecule is CC(=O)Nc1ccc(C2=C(O)C(=O)N(c3cc(Cl)cc(Cl)c3)C2=O)cc1. The second-order valence-corrected chi connectivity index (χ2v) is 6.43. The molecule has 132 valence electrons. The molecular weight excluding hydrogens is 379 g/mol. The minimum atomic E-state index is -0.866. The summed E-state index contributed by atoms with van der Waals surface area (Å²) in [5, 5.41) is 13.3. The van der Waals surface area contributed by atoms with E-state index in [1.807, 2.05) is 0 Å². The van der Waals surface area contributed by atoms with Crippen molar-refractivity contribution >= 4 is 57.9 Å². The number of nitrogens with one attached hydrogen (secondary N) is 1. The zero-order valence-electron chi connectivity index (χ0n) is 13.4. The summed E-state index contributed by atoms with van der Waals surface area (Å²) in [6.45, 7) is 1.37. The van der Waals surface area contributed by atoms with Crippen LogP contribution in [0.4, 0.5) is 11.4 Å². The molecule has 0 aromatic heterocycles. The molecule has 0 radical (unpaired) electrons. The van der Waals surface area contributed by atoms with Gasteiger partial charge in [0.05, 0.1) is 11.3 Å². The van der Waals surface area contributed by atoms with Crippen LogP contribution in [0.25, 0.3) is 5.57 Å². The van der Waals surface area contributed by atoms with Gasteiger partial charge in [0.15, 0.2) is 5.76 Å². The summed E-state index contributed by atoms with van der Waals surface area (Å²) in [6.07, 6.45) is 0. The van der Waals surface area contributed by atoms with E-state index in [0.717, 1.165) is 4.90 Å². The molecule has 2 aromatic rings. The molecule has 6 nitrogen and oxygen atoms in total. The zero-order chi connectivity index (χ0) is 19.0. The summed E-state index contributed by atoms with van der Waals surface area (Å²) < 4.78 is 0. The van der Waals surface area contributed by atoms with Crippen LogP contribution in [0, 0.1) is 0 Å². The maximum absolute atomic E-state index is 12.7. The lowest BCUT2D eigenvalue weighted by atomic mass is 10.1. The second kappa shape index (κ2) is 6.82. The van der Waals surface area contributed by atoms with Gasteiger partial charge in [-0.1, -0.05) is 35.3 Å². The van der Waals surface area contributed by atoms with Gasteiger partial charge in [0, 0.05) is 22.7 Å². The van der Waals surface area contributed by atoms with Crippen LogP contribution in [0.5, 0.6) is 0 Å². The van der Waals surface area contributed by atoms with Crippen molar-refractivity contribution in [2.75, 3.05) is 10.2 Å². The van der Waals surface area contributed by atoms with E-state index >= 15 is 0 Å². The third-order valence-corrected chi connectivity index (χ3v) is 4.10. The first-order chi connectivity index (χ1) is 12.3. The van der Waals surface area contributed by atoms with Crippen LogP contribution in [0.2, 0.25) is 10.0 Å². The molecule has 0 aliphatic carbocycles. The standard InChI is InChI=1S/C18H12Cl2N2O4/c1-9(23)21-13-4-2-10(3-5-13)15-16(24)18(26)22(17(15)25)14-7-11(19)6-12(20)8-14/h2-8,24H,1H3,(H,21,23). The van der Waals surface area contributed by atoms with E-state index in [1.165, 1.54) is 37.3 Å². The van der Waals surface area contributed by atoms with E-state index in [9.17, 15) is 19.5 Å². The van der Waals surface area contributed by atoms with E-state index in [1.54, 1.807) is 12.1 Å². The third kappa shape index (κ3) is 3.29. The van der Waals surface area contributed by atoms with Crippen molar-refractivity contribution in [2.24, 2.45) is 0 Å². The molecule has 3 rings (SSSR count). The molecule has 0 spiro atoms. The molecule has 2 aromatic carbocycles.